The maximum atomic E-state index is 12.4. The Hall–Kier alpha value is -1.99. The zero-order valence-electron chi connectivity index (χ0n) is 13.9. The van der Waals surface area contributed by atoms with Gasteiger partial charge in [0.15, 0.2) is 0 Å². The van der Waals surface area contributed by atoms with Crippen LogP contribution in [0.15, 0.2) is 24.5 Å². The smallest absolute Gasteiger partial charge is 0.248 e. The van der Waals surface area contributed by atoms with E-state index in [2.05, 4.69) is 10.3 Å². The average Bonchev–Trinajstić information content (AvgIpc) is 3.03. The maximum Gasteiger partial charge on any atom is 0.248 e. The summed E-state index contributed by atoms with van der Waals surface area (Å²) in [7, 11) is 1.64. The van der Waals surface area contributed by atoms with Crippen LogP contribution in [0.25, 0.3) is 0 Å². The fourth-order valence-corrected chi connectivity index (χ4v) is 3.59. The van der Waals surface area contributed by atoms with Gasteiger partial charge in [0.25, 0.3) is 0 Å². The van der Waals surface area contributed by atoms with E-state index in [0.29, 0.717) is 39.3 Å². The molecule has 2 amide bonds. The molecule has 130 valence electrons. The van der Waals surface area contributed by atoms with Crippen LogP contribution in [0.1, 0.15) is 12.0 Å². The number of amides is 2. The first-order chi connectivity index (χ1) is 11.7. The summed E-state index contributed by atoms with van der Waals surface area (Å²) in [5, 5.41) is 2.75. The second-order valence-corrected chi connectivity index (χ2v) is 6.39. The molecule has 0 unspecified atom stereocenters. The summed E-state index contributed by atoms with van der Waals surface area (Å²) < 4.78 is 11.0. The lowest BCUT2D eigenvalue weighted by Gasteiger charge is -2.36. The van der Waals surface area contributed by atoms with Crippen LogP contribution < -0.4 is 5.32 Å². The van der Waals surface area contributed by atoms with Gasteiger partial charge in [-0.15, -0.1) is 0 Å². The molecule has 0 saturated carbocycles. The Morgan fingerprint density at radius 3 is 3.17 bits per heavy atom. The number of pyridine rings is 1. The number of nitrogens with one attached hydrogen (secondary N) is 1. The Morgan fingerprint density at radius 1 is 1.54 bits per heavy atom. The van der Waals surface area contributed by atoms with E-state index in [0.717, 1.165) is 5.56 Å². The van der Waals surface area contributed by atoms with Crippen LogP contribution in [0.4, 0.5) is 0 Å². The second-order valence-electron chi connectivity index (χ2n) is 6.39. The molecule has 2 atom stereocenters. The number of hydrogen-bond acceptors (Lipinski definition) is 5. The van der Waals surface area contributed by atoms with E-state index in [1.165, 1.54) is 0 Å². The lowest BCUT2D eigenvalue weighted by molar-refractivity contribution is -0.140. The molecule has 3 heterocycles. The van der Waals surface area contributed by atoms with Gasteiger partial charge >= 0.3 is 0 Å². The number of carbonyl (C=O) groups is 2. The van der Waals surface area contributed by atoms with Crippen molar-refractivity contribution < 1.29 is 19.1 Å². The van der Waals surface area contributed by atoms with Crippen LogP contribution in [-0.2, 0) is 25.7 Å². The highest BCUT2D eigenvalue weighted by Gasteiger charge is 2.54. The maximum absolute atomic E-state index is 12.4. The molecule has 0 radical (unpaired) electrons. The van der Waals surface area contributed by atoms with E-state index in [-0.39, 0.29) is 24.3 Å². The summed E-state index contributed by atoms with van der Waals surface area (Å²) in [6, 6.07) is 3.73. The Balaban J connectivity index is 1.57. The van der Waals surface area contributed by atoms with Gasteiger partial charge in [-0.05, 0) is 18.1 Å². The summed E-state index contributed by atoms with van der Waals surface area (Å²) >= 11 is 0. The fraction of sp³-hybridized carbons (Fsp3) is 0.588. The molecule has 1 aromatic rings. The van der Waals surface area contributed by atoms with Crippen molar-refractivity contribution in [3.05, 3.63) is 30.1 Å². The highest BCUT2D eigenvalue weighted by Crippen LogP contribution is 2.42. The molecule has 0 bridgehead atoms. The molecule has 2 aliphatic rings. The first kappa shape index (κ1) is 16.9. The van der Waals surface area contributed by atoms with Gasteiger partial charge < -0.3 is 19.7 Å². The number of fused-ring (bicyclic) bond motifs is 1. The van der Waals surface area contributed by atoms with Crippen molar-refractivity contribution >= 4 is 11.8 Å². The van der Waals surface area contributed by atoms with Crippen LogP contribution in [0.5, 0.6) is 0 Å². The zero-order valence-corrected chi connectivity index (χ0v) is 13.9. The van der Waals surface area contributed by atoms with Crippen LogP contribution in [0, 0.1) is 11.3 Å². The topological polar surface area (TPSA) is 80.8 Å². The number of ether oxygens (including phenoxy) is 2. The minimum absolute atomic E-state index is 0.00220. The number of nitrogens with zero attached hydrogens (tertiary/aromatic N) is 2. The average molecular weight is 333 g/mol. The molecule has 7 nitrogen and oxygen atoms in total. The highest BCUT2D eigenvalue weighted by atomic mass is 16.5. The van der Waals surface area contributed by atoms with E-state index in [9.17, 15) is 9.59 Å². The van der Waals surface area contributed by atoms with Crippen molar-refractivity contribution in [1.29, 1.82) is 0 Å². The third-order valence-corrected chi connectivity index (χ3v) is 4.96. The lowest BCUT2D eigenvalue weighted by Crippen LogP contribution is -2.49. The van der Waals surface area contributed by atoms with Gasteiger partial charge in [-0.1, -0.05) is 6.07 Å². The van der Waals surface area contributed by atoms with Crippen LogP contribution >= 0.6 is 0 Å². The van der Waals surface area contributed by atoms with Crippen LogP contribution in [0.2, 0.25) is 0 Å². The molecule has 2 aliphatic heterocycles. The van der Waals surface area contributed by atoms with Crippen molar-refractivity contribution in [2.45, 2.75) is 13.0 Å². The molecule has 1 aromatic heterocycles. The quantitative estimate of drug-likeness (QED) is 0.833. The standard InChI is InChI=1S/C17H23N3O4/c1-18-16(22)17-4-6-23-10-14(17)8-20(12-17)15(21)11-24-9-13-3-2-5-19-7-13/h2-3,5,7,14H,4,6,8-12H2,1H3,(H,18,22)/t14-,17+/m1/s1. The van der Waals surface area contributed by atoms with Gasteiger partial charge in [-0.2, -0.15) is 0 Å². The normalized spacial score (nSPS) is 26.0. The third kappa shape index (κ3) is 3.27. The number of aromatic nitrogens is 1. The van der Waals surface area contributed by atoms with Gasteiger partial charge in [0, 0.05) is 45.1 Å². The van der Waals surface area contributed by atoms with Crippen molar-refractivity contribution in [2.24, 2.45) is 11.3 Å². The summed E-state index contributed by atoms with van der Waals surface area (Å²) in [5.41, 5.74) is 0.405. The Labute approximate surface area is 141 Å². The van der Waals surface area contributed by atoms with E-state index in [1.54, 1.807) is 24.3 Å². The molecule has 0 aromatic carbocycles. The minimum Gasteiger partial charge on any atom is -0.381 e. The molecule has 0 spiro atoms. The predicted molar refractivity (Wildman–Crippen MR) is 85.9 cm³/mol. The van der Waals surface area contributed by atoms with Crippen LogP contribution in [0.3, 0.4) is 0 Å². The van der Waals surface area contributed by atoms with Crippen molar-refractivity contribution in [3.8, 4) is 0 Å². The van der Waals surface area contributed by atoms with E-state index in [1.807, 2.05) is 12.1 Å². The minimum atomic E-state index is -0.522. The number of carbonyl (C=O) groups excluding carboxylic acids is 2. The molecule has 3 rings (SSSR count). The molecule has 2 fully saturated rings. The Bertz CT molecular complexity index is 595. The van der Waals surface area contributed by atoms with Crippen molar-refractivity contribution in [3.63, 3.8) is 0 Å². The van der Waals surface area contributed by atoms with E-state index >= 15 is 0 Å². The van der Waals surface area contributed by atoms with Crippen LogP contribution in [-0.4, -0.2) is 61.7 Å². The van der Waals surface area contributed by atoms with Gasteiger partial charge in [0.2, 0.25) is 11.8 Å². The zero-order chi connectivity index (χ0) is 17.0. The van der Waals surface area contributed by atoms with Gasteiger partial charge in [-0.3, -0.25) is 14.6 Å². The molecule has 2 saturated heterocycles. The summed E-state index contributed by atoms with van der Waals surface area (Å²) in [6.45, 7) is 2.42. The molecule has 7 heteroatoms. The van der Waals surface area contributed by atoms with Crippen molar-refractivity contribution in [1.82, 2.24) is 15.2 Å². The largest absolute Gasteiger partial charge is 0.381 e. The monoisotopic (exact) mass is 333 g/mol. The van der Waals surface area contributed by atoms with E-state index in [4.69, 9.17) is 9.47 Å². The van der Waals surface area contributed by atoms with Crippen molar-refractivity contribution in [2.75, 3.05) is 40.0 Å². The number of hydrogen-bond donors (Lipinski definition) is 1. The van der Waals surface area contributed by atoms with E-state index < -0.39 is 5.41 Å². The third-order valence-electron chi connectivity index (χ3n) is 4.96. The predicted octanol–water partition coefficient (Wildman–Crippen LogP) is 0.209. The Morgan fingerprint density at radius 2 is 2.42 bits per heavy atom. The molecule has 24 heavy (non-hydrogen) atoms. The summed E-state index contributed by atoms with van der Waals surface area (Å²) in [4.78, 5) is 30.6. The fourth-order valence-electron chi connectivity index (χ4n) is 3.59. The molecule has 1 N–H and O–H groups in total. The first-order valence-electron chi connectivity index (χ1n) is 8.20. The first-order valence-corrected chi connectivity index (χ1v) is 8.20. The molecule has 0 aliphatic carbocycles. The molecular weight excluding hydrogens is 310 g/mol. The summed E-state index contributed by atoms with van der Waals surface area (Å²) in [5.74, 6) is -0.0348. The number of likely N-dealkylation sites (tertiary alicyclic amines) is 1. The highest BCUT2D eigenvalue weighted by molar-refractivity contribution is 5.86. The lowest BCUT2D eigenvalue weighted by atomic mass is 9.73. The second kappa shape index (κ2) is 7.27. The SMILES string of the molecule is CNC(=O)[C@]12CCOC[C@H]1CN(C(=O)COCc1cccnc1)C2. The summed E-state index contributed by atoms with van der Waals surface area (Å²) in [6.07, 6.45) is 4.06. The molecular formula is C17H23N3O4. The number of rotatable bonds is 5. The van der Waals surface area contributed by atoms with Gasteiger partial charge in [0.1, 0.15) is 6.61 Å². The Kier molecular flexibility index (Phi) is 5.11. The van der Waals surface area contributed by atoms with Gasteiger partial charge in [-0.25, -0.2) is 0 Å². The van der Waals surface area contributed by atoms with Gasteiger partial charge in [0.05, 0.1) is 18.6 Å².